The molecule has 6 nitrogen and oxygen atoms in total. The maximum atomic E-state index is 11.2. The summed E-state index contributed by atoms with van der Waals surface area (Å²) in [7, 11) is 0. The Morgan fingerprint density at radius 2 is 2.26 bits per heavy atom. The van der Waals surface area contributed by atoms with Crippen LogP contribution in [0.4, 0.5) is 5.69 Å². The van der Waals surface area contributed by atoms with Crippen LogP contribution in [0.1, 0.15) is 18.9 Å². The second-order valence-electron chi connectivity index (χ2n) is 4.23. The Labute approximate surface area is 115 Å². The number of benzene rings is 1. The van der Waals surface area contributed by atoms with E-state index in [0.29, 0.717) is 28.3 Å². The van der Waals surface area contributed by atoms with Gasteiger partial charge in [-0.1, -0.05) is 19.1 Å². The van der Waals surface area contributed by atoms with Crippen LogP contribution in [0, 0.1) is 21.8 Å². The van der Waals surface area contributed by atoms with E-state index in [0.717, 1.165) is 6.42 Å². The van der Waals surface area contributed by atoms with E-state index in [4.69, 9.17) is 12.2 Å². The summed E-state index contributed by atoms with van der Waals surface area (Å²) < 4.78 is 2.27. The van der Waals surface area contributed by atoms with Gasteiger partial charge in [0.05, 0.1) is 10.5 Å². The number of aryl methyl sites for hydroxylation is 1. The number of hydrogen-bond donors (Lipinski definition) is 1. The maximum Gasteiger partial charge on any atom is 0.283 e. The van der Waals surface area contributed by atoms with Crippen molar-refractivity contribution < 1.29 is 4.92 Å². The maximum absolute atomic E-state index is 11.2. The van der Waals surface area contributed by atoms with Crippen LogP contribution in [0.2, 0.25) is 0 Å². The monoisotopic (exact) mass is 278 g/mol. The topological polar surface area (TPSA) is 76.8 Å². The largest absolute Gasteiger partial charge is 0.300 e. The highest BCUT2D eigenvalue weighted by atomic mass is 32.1. The highest BCUT2D eigenvalue weighted by Crippen LogP contribution is 2.31. The molecule has 0 unspecified atom stereocenters. The molecule has 7 heteroatoms. The Morgan fingerprint density at radius 1 is 1.53 bits per heavy atom. The fourth-order valence-electron chi connectivity index (χ4n) is 2.04. The van der Waals surface area contributed by atoms with Gasteiger partial charge in [0.1, 0.15) is 0 Å². The molecule has 0 aliphatic rings. The zero-order valence-corrected chi connectivity index (χ0v) is 11.5. The van der Waals surface area contributed by atoms with Gasteiger partial charge < -0.3 is 0 Å². The van der Waals surface area contributed by atoms with Gasteiger partial charge in [-0.15, -0.1) is 0 Å². The van der Waals surface area contributed by atoms with E-state index < -0.39 is 0 Å². The summed E-state index contributed by atoms with van der Waals surface area (Å²) in [6.07, 6.45) is 0.875. The molecule has 100 valence electrons. The van der Waals surface area contributed by atoms with Gasteiger partial charge in [0, 0.05) is 12.1 Å². The lowest BCUT2D eigenvalue weighted by Crippen LogP contribution is -2.03. The molecule has 0 fully saturated rings. The van der Waals surface area contributed by atoms with Crippen LogP contribution in [0.25, 0.3) is 11.4 Å². The predicted octanol–water partition coefficient (Wildman–Crippen LogP) is 3.23. The molecule has 1 N–H and O–H groups in total. The zero-order valence-electron chi connectivity index (χ0n) is 10.7. The molecule has 0 aliphatic heterocycles. The van der Waals surface area contributed by atoms with Gasteiger partial charge >= 0.3 is 0 Å². The van der Waals surface area contributed by atoms with Crippen LogP contribution >= 0.6 is 12.2 Å². The first kappa shape index (κ1) is 13.4. The lowest BCUT2D eigenvalue weighted by atomic mass is 10.1. The van der Waals surface area contributed by atoms with Crippen LogP contribution in [-0.4, -0.2) is 19.7 Å². The number of nitrogens with zero attached hydrogens (tertiary/aromatic N) is 3. The highest BCUT2D eigenvalue weighted by Gasteiger charge is 2.22. The van der Waals surface area contributed by atoms with Gasteiger partial charge in [-0.2, -0.15) is 5.10 Å². The fraction of sp³-hybridized carbons (Fsp3) is 0.333. The number of nitrogens with one attached hydrogen (secondary N) is 1. The summed E-state index contributed by atoms with van der Waals surface area (Å²) in [5.74, 6) is 0.516. The van der Waals surface area contributed by atoms with Crippen molar-refractivity contribution in [1.82, 2.24) is 14.8 Å². The first-order chi connectivity index (χ1) is 9.06. The van der Waals surface area contributed by atoms with Crippen molar-refractivity contribution in [2.75, 3.05) is 0 Å². The van der Waals surface area contributed by atoms with Gasteiger partial charge in [0.25, 0.3) is 5.69 Å². The van der Waals surface area contributed by atoms with Gasteiger partial charge in [-0.25, -0.2) is 0 Å². The first-order valence-corrected chi connectivity index (χ1v) is 6.36. The van der Waals surface area contributed by atoms with Crippen molar-refractivity contribution in [2.45, 2.75) is 26.8 Å². The summed E-state index contributed by atoms with van der Waals surface area (Å²) in [6, 6.07) is 5.20. The standard InChI is InChI=1S/C12H14N4O2S/c1-3-7-15-11(13-14-12(15)19)9-6-4-5-8(2)10(9)16(17)18/h4-6H,3,7H2,1-2H3,(H,14,19). The number of H-pyrrole nitrogens is 1. The molecule has 1 aromatic carbocycles. The van der Waals surface area contributed by atoms with Gasteiger partial charge in [0.15, 0.2) is 10.6 Å². The van der Waals surface area contributed by atoms with Gasteiger partial charge in [-0.05, 0) is 31.6 Å². The van der Waals surface area contributed by atoms with E-state index >= 15 is 0 Å². The second kappa shape index (κ2) is 5.31. The minimum absolute atomic E-state index is 0.0776. The molecule has 0 spiro atoms. The average molecular weight is 278 g/mol. The van der Waals surface area contributed by atoms with E-state index in [1.54, 1.807) is 29.7 Å². The number of aromatic nitrogens is 3. The molecule has 0 atom stereocenters. The summed E-state index contributed by atoms with van der Waals surface area (Å²) >= 11 is 5.16. The van der Waals surface area contributed by atoms with Gasteiger partial charge in [-0.3, -0.25) is 19.8 Å². The summed E-state index contributed by atoms with van der Waals surface area (Å²) in [5.41, 5.74) is 1.18. The summed E-state index contributed by atoms with van der Waals surface area (Å²) in [6.45, 7) is 4.41. The van der Waals surface area contributed by atoms with E-state index in [1.807, 2.05) is 6.92 Å². The number of aromatic amines is 1. The normalized spacial score (nSPS) is 10.6. The molecule has 0 saturated carbocycles. The molecule has 0 amide bonds. The molecule has 1 aromatic heterocycles. The summed E-state index contributed by atoms with van der Waals surface area (Å²) in [4.78, 5) is 10.8. The minimum atomic E-state index is -0.376. The lowest BCUT2D eigenvalue weighted by molar-refractivity contribution is -0.384. The van der Waals surface area contributed by atoms with Crippen molar-refractivity contribution in [3.63, 3.8) is 0 Å². The third-order valence-electron chi connectivity index (χ3n) is 2.87. The molecular weight excluding hydrogens is 264 g/mol. The third-order valence-corrected chi connectivity index (χ3v) is 3.18. The number of rotatable bonds is 4. The Bertz CT molecular complexity index is 675. The molecule has 0 aliphatic carbocycles. The van der Waals surface area contributed by atoms with E-state index in [1.165, 1.54) is 0 Å². The minimum Gasteiger partial charge on any atom is -0.300 e. The fourth-order valence-corrected chi connectivity index (χ4v) is 2.26. The Kier molecular flexibility index (Phi) is 3.75. The first-order valence-electron chi connectivity index (χ1n) is 5.95. The Balaban J connectivity index is 2.69. The Hall–Kier alpha value is -2.02. The van der Waals surface area contributed by atoms with E-state index in [-0.39, 0.29) is 10.6 Å². The van der Waals surface area contributed by atoms with Crippen LogP contribution in [-0.2, 0) is 6.54 Å². The smallest absolute Gasteiger partial charge is 0.283 e. The van der Waals surface area contributed by atoms with Crippen LogP contribution in [0.15, 0.2) is 18.2 Å². The number of para-hydroxylation sites is 1. The SMILES string of the molecule is CCCn1c(-c2cccc(C)c2[N+](=O)[O-])n[nH]c1=S. The van der Waals surface area contributed by atoms with Crippen LogP contribution < -0.4 is 0 Å². The van der Waals surface area contributed by atoms with Crippen LogP contribution in [0.5, 0.6) is 0 Å². The molecule has 0 saturated heterocycles. The highest BCUT2D eigenvalue weighted by molar-refractivity contribution is 7.71. The molecule has 2 aromatic rings. The number of nitro groups is 1. The zero-order chi connectivity index (χ0) is 14.0. The molecule has 1 heterocycles. The number of nitro benzene ring substituents is 1. The second-order valence-corrected chi connectivity index (χ2v) is 4.62. The summed E-state index contributed by atoms with van der Waals surface area (Å²) in [5, 5.41) is 18.1. The van der Waals surface area contributed by atoms with Crippen molar-refractivity contribution in [3.05, 3.63) is 38.6 Å². The van der Waals surface area contributed by atoms with E-state index in [9.17, 15) is 10.1 Å². The molecule has 0 bridgehead atoms. The molecule has 2 rings (SSSR count). The predicted molar refractivity (Wildman–Crippen MR) is 74.5 cm³/mol. The molecule has 19 heavy (non-hydrogen) atoms. The third kappa shape index (κ3) is 2.41. The van der Waals surface area contributed by atoms with E-state index in [2.05, 4.69) is 10.2 Å². The van der Waals surface area contributed by atoms with Crippen molar-refractivity contribution in [1.29, 1.82) is 0 Å². The lowest BCUT2D eigenvalue weighted by Gasteiger charge is -2.07. The van der Waals surface area contributed by atoms with Crippen LogP contribution in [0.3, 0.4) is 0 Å². The van der Waals surface area contributed by atoms with Crippen molar-refractivity contribution in [3.8, 4) is 11.4 Å². The van der Waals surface area contributed by atoms with Crippen molar-refractivity contribution >= 4 is 17.9 Å². The Morgan fingerprint density at radius 3 is 2.89 bits per heavy atom. The van der Waals surface area contributed by atoms with Gasteiger partial charge in [0.2, 0.25) is 0 Å². The molecule has 0 radical (unpaired) electrons. The molecular formula is C12H14N4O2S. The van der Waals surface area contributed by atoms with Crippen molar-refractivity contribution in [2.24, 2.45) is 0 Å². The quantitative estimate of drug-likeness (QED) is 0.529. The number of hydrogen-bond acceptors (Lipinski definition) is 4. The average Bonchev–Trinajstić information content (AvgIpc) is 2.71.